The summed E-state index contributed by atoms with van der Waals surface area (Å²) in [6.07, 6.45) is 3.72. The molecule has 0 bridgehead atoms. The lowest BCUT2D eigenvalue weighted by Crippen LogP contribution is -2.23. The third-order valence-electron chi connectivity index (χ3n) is 3.88. The Kier molecular flexibility index (Phi) is 5.05. The molecule has 2 N–H and O–H groups in total. The second-order valence-corrected chi connectivity index (χ2v) is 5.87. The van der Waals surface area contributed by atoms with Crippen LogP contribution in [0.4, 0.5) is 10.5 Å². The van der Waals surface area contributed by atoms with Crippen molar-refractivity contribution in [3.05, 3.63) is 29.4 Å². The number of halogens is 1. The molecule has 1 saturated heterocycles. The van der Waals surface area contributed by atoms with Crippen molar-refractivity contribution in [1.82, 2.24) is 4.57 Å². The van der Waals surface area contributed by atoms with Gasteiger partial charge in [-0.25, -0.2) is 4.79 Å². The first-order valence-electron chi connectivity index (χ1n) is 7.65. The van der Waals surface area contributed by atoms with Crippen LogP contribution >= 0.6 is 11.6 Å². The predicted octanol–water partition coefficient (Wildman–Crippen LogP) is 3.93. The summed E-state index contributed by atoms with van der Waals surface area (Å²) in [5.74, 6) is 0. The molecule has 23 heavy (non-hydrogen) atoms. The van der Waals surface area contributed by atoms with Crippen LogP contribution in [0.2, 0.25) is 5.02 Å². The number of ether oxygens (including phenoxy) is 2. The topological polar surface area (TPSA) is 72.7 Å². The van der Waals surface area contributed by atoms with Crippen molar-refractivity contribution in [1.29, 1.82) is 0 Å². The number of rotatable bonds is 5. The van der Waals surface area contributed by atoms with Gasteiger partial charge in [0.05, 0.1) is 22.8 Å². The van der Waals surface area contributed by atoms with Crippen molar-refractivity contribution in [2.45, 2.75) is 32.1 Å². The summed E-state index contributed by atoms with van der Waals surface area (Å²) in [5.41, 5.74) is 1.35. The molecule has 0 spiro atoms. The molecule has 0 radical (unpaired) electrons. The summed E-state index contributed by atoms with van der Waals surface area (Å²) < 4.78 is 13.2. The molecule has 7 heteroatoms. The van der Waals surface area contributed by atoms with Gasteiger partial charge in [-0.2, -0.15) is 0 Å². The van der Waals surface area contributed by atoms with Gasteiger partial charge in [0.1, 0.15) is 0 Å². The number of hydrogen-bond donors (Lipinski definition) is 2. The lowest BCUT2D eigenvalue weighted by Gasteiger charge is -2.22. The van der Waals surface area contributed by atoms with Crippen LogP contribution in [0.15, 0.2) is 24.4 Å². The summed E-state index contributed by atoms with van der Waals surface area (Å²) in [6, 6.07) is 5.40. The van der Waals surface area contributed by atoms with Gasteiger partial charge in [-0.05, 0) is 31.4 Å². The number of amides is 1. The second kappa shape index (κ2) is 7.21. The first-order chi connectivity index (χ1) is 11.1. The smallest absolute Gasteiger partial charge is 0.409 e. The average molecular weight is 339 g/mol. The third-order valence-corrected chi connectivity index (χ3v) is 4.16. The van der Waals surface area contributed by atoms with Crippen LogP contribution < -0.4 is 5.32 Å². The lowest BCUT2D eigenvalue weighted by atomic mass is 10.2. The highest BCUT2D eigenvalue weighted by Crippen LogP contribution is 2.32. The van der Waals surface area contributed by atoms with E-state index in [1.54, 1.807) is 18.3 Å². The SMILES string of the molecule is O=C(O)Nc1cccc2c1c(Cl)cn2CCOC1CCCCO1. The number of aromatic nitrogens is 1. The van der Waals surface area contributed by atoms with E-state index in [1.807, 2.05) is 10.6 Å². The number of fused-ring (bicyclic) bond motifs is 1. The molecular weight excluding hydrogens is 320 g/mol. The van der Waals surface area contributed by atoms with Gasteiger partial charge in [-0.15, -0.1) is 0 Å². The van der Waals surface area contributed by atoms with Crippen LogP contribution in [0.3, 0.4) is 0 Å². The van der Waals surface area contributed by atoms with Crippen molar-refractivity contribution < 1.29 is 19.4 Å². The highest BCUT2D eigenvalue weighted by molar-refractivity contribution is 6.37. The molecular formula is C16H19ClN2O4. The van der Waals surface area contributed by atoms with Crippen LogP contribution in [0.5, 0.6) is 0 Å². The van der Waals surface area contributed by atoms with E-state index in [2.05, 4.69) is 5.32 Å². The van der Waals surface area contributed by atoms with E-state index in [-0.39, 0.29) is 6.29 Å². The summed E-state index contributed by atoms with van der Waals surface area (Å²) in [5, 5.41) is 12.5. The minimum atomic E-state index is -1.11. The maximum Gasteiger partial charge on any atom is 0.409 e. The zero-order valence-corrected chi connectivity index (χ0v) is 13.4. The Morgan fingerprint density at radius 2 is 2.35 bits per heavy atom. The summed E-state index contributed by atoms with van der Waals surface area (Å²) in [7, 11) is 0. The van der Waals surface area contributed by atoms with Crippen LogP contribution in [0, 0.1) is 0 Å². The molecule has 1 aliphatic rings. The van der Waals surface area contributed by atoms with Crippen molar-refractivity contribution >= 4 is 34.3 Å². The quantitative estimate of drug-likeness (QED) is 0.866. The highest BCUT2D eigenvalue weighted by atomic mass is 35.5. The first kappa shape index (κ1) is 16.1. The van der Waals surface area contributed by atoms with Crippen molar-refractivity contribution in [3.63, 3.8) is 0 Å². The van der Waals surface area contributed by atoms with Gasteiger partial charge < -0.3 is 19.1 Å². The minimum Gasteiger partial charge on any atom is -0.465 e. The normalized spacial score (nSPS) is 18.2. The second-order valence-electron chi connectivity index (χ2n) is 5.47. The highest BCUT2D eigenvalue weighted by Gasteiger charge is 2.15. The Morgan fingerprint density at radius 3 is 3.09 bits per heavy atom. The van der Waals surface area contributed by atoms with Gasteiger partial charge in [0.2, 0.25) is 0 Å². The van der Waals surface area contributed by atoms with Crippen LogP contribution in [-0.2, 0) is 16.0 Å². The molecule has 1 aromatic carbocycles. The molecule has 1 aliphatic heterocycles. The fourth-order valence-electron chi connectivity index (χ4n) is 2.83. The Hall–Kier alpha value is -1.76. The Bertz CT molecular complexity index is 695. The van der Waals surface area contributed by atoms with Gasteiger partial charge in [0.25, 0.3) is 0 Å². The molecule has 1 unspecified atom stereocenters. The monoisotopic (exact) mass is 338 g/mol. The lowest BCUT2D eigenvalue weighted by molar-refractivity contribution is -0.163. The zero-order chi connectivity index (χ0) is 16.2. The predicted molar refractivity (Wildman–Crippen MR) is 88.1 cm³/mol. The number of nitrogens with zero attached hydrogens (tertiary/aromatic N) is 1. The van der Waals surface area contributed by atoms with Gasteiger partial charge in [0.15, 0.2) is 6.29 Å². The standard InChI is InChI=1S/C16H19ClN2O4/c17-11-10-19(7-9-23-14-6-1-2-8-22-14)13-5-3-4-12(15(11)13)18-16(20)21/h3-5,10,14,18H,1-2,6-9H2,(H,20,21). The van der Waals surface area contributed by atoms with Crippen molar-refractivity contribution in [2.75, 3.05) is 18.5 Å². The van der Waals surface area contributed by atoms with Crippen LogP contribution in [0.25, 0.3) is 10.9 Å². The molecule has 1 atom stereocenters. The molecule has 0 saturated carbocycles. The first-order valence-corrected chi connectivity index (χ1v) is 8.03. The van der Waals surface area contributed by atoms with E-state index >= 15 is 0 Å². The third kappa shape index (κ3) is 3.77. The average Bonchev–Trinajstić information content (AvgIpc) is 2.85. The maximum absolute atomic E-state index is 10.9. The van der Waals surface area contributed by atoms with Gasteiger partial charge >= 0.3 is 6.09 Å². The summed E-state index contributed by atoms with van der Waals surface area (Å²) in [4.78, 5) is 10.9. The van der Waals surface area contributed by atoms with Crippen LogP contribution in [-0.4, -0.2) is 35.3 Å². The number of carbonyl (C=O) groups is 1. The Morgan fingerprint density at radius 1 is 1.48 bits per heavy atom. The number of anilines is 1. The molecule has 6 nitrogen and oxygen atoms in total. The fraction of sp³-hybridized carbons (Fsp3) is 0.438. The van der Waals surface area contributed by atoms with E-state index in [1.165, 1.54) is 0 Å². The van der Waals surface area contributed by atoms with Crippen molar-refractivity contribution in [3.8, 4) is 0 Å². The van der Waals surface area contributed by atoms with Crippen LogP contribution in [0.1, 0.15) is 19.3 Å². The Balaban J connectivity index is 1.72. The van der Waals surface area contributed by atoms with E-state index < -0.39 is 6.09 Å². The number of carboxylic acid groups (broad SMARTS) is 1. The molecule has 3 rings (SSSR count). The molecule has 1 fully saturated rings. The summed E-state index contributed by atoms with van der Waals surface area (Å²) >= 11 is 6.27. The molecule has 1 aromatic heterocycles. The van der Waals surface area contributed by atoms with E-state index in [0.29, 0.717) is 29.2 Å². The molecule has 2 heterocycles. The van der Waals surface area contributed by atoms with Crippen molar-refractivity contribution in [2.24, 2.45) is 0 Å². The molecule has 124 valence electrons. The Labute approximate surface area is 138 Å². The minimum absolute atomic E-state index is 0.120. The molecule has 0 aliphatic carbocycles. The van der Waals surface area contributed by atoms with E-state index in [9.17, 15) is 4.79 Å². The largest absolute Gasteiger partial charge is 0.465 e. The molecule has 1 amide bonds. The fourth-order valence-corrected chi connectivity index (χ4v) is 3.15. The van der Waals surface area contributed by atoms with E-state index in [4.69, 9.17) is 26.2 Å². The number of hydrogen-bond acceptors (Lipinski definition) is 3. The van der Waals surface area contributed by atoms with E-state index in [0.717, 1.165) is 31.4 Å². The summed E-state index contributed by atoms with van der Waals surface area (Å²) in [6.45, 7) is 1.90. The number of nitrogens with one attached hydrogen (secondary N) is 1. The maximum atomic E-state index is 10.9. The van der Waals surface area contributed by atoms with Gasteiger partial charge in [0, 0.05) is 24.7 Å². The van der Waals surface area contributed by atoms with Gasteiger partial charge in [-0.1, -0.05) is 17.7 Å². The zero-order valence-electron chi connectivity index (χ0n) is 12.6. The molecule has 2 aromatic rings. The van der Waals surface area contributed by atoms with Gasteiger partial charge in [-0.3, -0.25) is 5.32 Å². The number of benzene rings is 1.